The largest absolute Gasteiger partial charge is 0.483 e. The Balaban J connectivity index is 2.84. The van der Waals surface area contributed by atoms with E-state index in [2.05, 4.69) is 21.2 Å². The zero-order valence-corrected chi connectivity index (χ0v) is 10.9. The number of nitrogens with two attached hydrogens (primary N) is 1. The second kappa shape index (κ2) is 5.86. The molecule has 1 aromatic rings. The molecule has 0 saturated heterocycles. The van der Waals surface area contributed by atoms with E-state index in [1.165, 1.54) is 0 Å². The quantitative estimate of drug-likeness (QED) is 0.884. The maximum atomic E-state index is 11.1. The fourth-order valence-corrected chi connectivity index (χ4v) is 1.56. The predicted octanol–water partition coefficient (Wildman–Crippen LogP) is 1.59. The van der Waals surface area contributed by atoms with E-state index in [4.69, 9.17) is 10.5 Å². The first-order valence-electron chi connectivity index (χ1n) is 4.93. The van der Waals surface area contributed by atoms with Crippen LogP contribution in [0, 0.1) is 0 Å². The Hall–Kier alpha value is -1.07. The van der Waals surface area contributed by atoms with Crippen molar-refractivity contribution in [2.24, 2.45) is 5.73 Å². The Kier molecular flexibility index (Phi) is 4.76. The zero-order chi connectivity index (χ0) is 12.1. The molecule has 1 rings (SSSR count). The molecule has 0 bridgehead atoms. The molecule has 4 nitrogen and oxygen atoms in total. The summed E-state index contributed by atoms with van der Waals surface area (Å²) >= 11 is 3.35. The van der Waals surface area contributed by atoms with Crippen molar-refractivity contribution in [3.8, 4) is 5.75 Å². The molecule has 0 radical (unpaired) electrons. The van der Waals surface area contributed by atoms with Crippen LogP contribution in [0.5, 0.6) is 5.75 Å². The van der Waals surface area contributed by atoms with Crippen LogP contribution in [0.1, 0.15) is 18.5 Å². The molecule has 0 aliphatic rings. The maximum absolute atomic E-state index is 11.1. The van der Waals surface area contributed by atoms with Gasteiger partial charge in [0.25, 0.3) is 5.91 Å². The van der Waals surface area contributed by atoms with Gasteiger partial charge in [-0.1, -0.05) is 22.0 Å². The number of carbonyl (C=O) groups excluding carboxylic acids is 1. The third-order valence-electron chi connectivity index (χ3n) is 2.10. The molecule has 16 heavy (non-hydrogen) atoms. The van der Waals surface area contributed by atoms with Gasteiger partial charge in [-0.3, -0.25) is 4.79 Å². The van der Waals surface area contributed by atoms with Crippen molar-refractivity contribution in [1.82, 2.24) is 5.32 Å². The summed E-state index contributed by atoms with van der Waals surface area (Å²) in [5.74, 6) is 0.462. The number of ether oxygens (including phenoxy) is 1. The van der Waals surface area contributed by atoms with E-state index in [0.717, 1.165) is 10.0 Å². The van der Waals surface area contributed by atoms with Gasteiger partial charge in [0.1, 0.15) is 5.75 Å². The topological polar surface area (TPSA) is 64.3 Å². The van der Waals surface area contributed by atoms with Crippen molar-refractivity contribution in [2.75, 3.05) is 13.7 Å². The second-order valence-electron chi connectivity index (χ2n) is 3.43. The number of amides is 1. The molecule has 0 aromatic heterocycles. The van der Waals surface area contributed by atoms with Crippen LogP contribution in [0.3, 0.4) is 0 Å². The van der Waals surface area contributed by atoms with E-state index in [9.17, 15) is 4.79 Å². The summed E-state index contributed by atoms with van der Waals surface area (Å²) in [6.07, 6.45) is 0. The van der Waals surface area contributed by atoms with Crippen LogP contribution in [0.2, 0.25) is 0 Å². The summed E-state index contributed by atoms with van der Waals surface area (Å²) in [5.41, 5.74) is 6.69. The lowest BCUT2D eigenvalue weighted by atomic mass is 10.1. The molecular formula is C11H15BrN2O2. The van der Waals surface area contributed by atoms with Gasteiger partial charge in [-0.25, -0.2) is 0 Å². The lowest BCUT2D eigenvalue weighted by molar-refractivity contribution is -0.122. The molecule has 1 aromatic carbocycles. The molecular weight excluding hydrogens is 272 g/mol. The average Bonchev–Trinajstić information content (AvgIpc) is 2.25. The molecule has 0 unspecified atom stereocenters. The van der Waals surface area contributed by atoms with Gasteiger partial charge in [-0.05, 0) is 19.1 Å². The monoisotopic (exact) mass is 286 g/mol. The van der Waals surface area contributed by atoms with Gasteiger partial charge in [-0.2, -0.15) is 0 Å². The van der Waals surface area contributed by atoms with Gasteiger partial charge in [-0.15, -0.1) is 0 Å². The highest BCUT2D eigenvalue weighted by molar-refractivity contribution is 9.10. The summed E-state index contributed by atoms with van der Waals surface area (Å²) < 4.78 is 6.30. The molecule has 0 spiro atoms. The molecule has 1 atom stereocenters. The van der Waals surface area contributed by atoms with E-state index in [1.54, 1.807) is 7.05 Å². The Morgan fingerprint density at radius 1 is 1.62 bits per heavy atom. The number of hydrogen-bond acceptors (Lipinski definition) is 3. The lowest BCUT2D eigenvalue weighted by Crippen LogP contribution is -2.25. The molecule has 0 aliphatic heterocycles. The van der Waals surface area contributed by atoms with Crippen molar-refractivity contribution in [3.63, 3.8) is 0 Å². The van der Waals surface area contributed by atoms with E-state index in [0.29, 0.717) is 5.75 Å². The van der Waals surface area contributed by atoms with E-state index in [1.807, 2.05) is 25.1 Å². The van der Waals surface area contributed by atoms with Gasteiger partial charge in [0.05, 0.1) is 0 Å². The van der Waals surface area contributed by atoms with Crippen molar-refractivity contribution in [3.05, 3.63) is 28.2 Å². The van der Waals surface area contributed by atoms with Crippen molar-refractivity contribution in [1.29, 1.82) is 0 Å². The minimum Gasteiger partial charge on any atom is -0.483 e. The predicted molar refractivity (Wildman–Crippen MR) is 66.3 cm³/mol. The summed E-state index contributed by atoms with van der Waals surface area (Å²) in [5, 5.41) is 2.49. The second-order valence-corrected chi connectivity index (χ2v) is 4.35. The van der Waals surface area contributed by atoms with Crippen molar-refractivity contribution < 1.29 is 9.53 Å². The molecule has 88 valence electrons. The fourth-order valence-electron chi connectivity index (χ4n) is 1.22. The average molecular weight is 287 g/mol. The Labute approximate surface area is 103 Å². The van der Waals surface area contributed by atoms with Gasteiger partial charge in [0.2, 0.25) is 0 Å². The summed E-state index contributed by atoms with van der Waals surface area (Å²) in [6, 6.07) is 5.45. The molecule has 3 N–H and O–H groups in total. The Morgan fingerprint density at radius 3 is 2.88 bits per heavy atom. The third kappa shape index (κ3) is 3.50. The maximum Gasteiger partial charge on any atom is 0.257 e. The number of halogens is 1. The van der Waals surface area contributed by atoms with Crippen LogP contribution < -0.4 is 15.8 Å². The molecule has 1 amide bonds. The SMILES string of the molecule is CNC(=O)COc1cc(Br)ccc1[C@H](C)N. The third-order valence-corrected chi connectivity index (χ3v) is 2.60. The normalized spacial score (nSPS) is 12.0. The molecule has 0 fully saturated rings. The smallest absolute Gasteiger partial charge is 0.257 e. The van der Waals surface area contributed by atoms with Crippen LogP contribution in [0.4, 0.5) is 0 Å². The molecule has 0 aliphatic carbocycles. The zero-order valence-electron chi connectivity index (χ0n) is 9.29. The van der Waals surface area contributed by atoms with E-state index < -0.39 is 0 Å². The van der Waals surface area contributed by atoms with Crippen LogP contribution in [0.15, 0.2) is 22.7 Å². The Morgan fingerprint density at radius 2 is 2.31 bits per heavy atom. The summed E-state index contributed by atoms with van der Waals surface area (Å²) in [4.78, 5) is 11.1. The van der Waals surface area contributed by atoms with Crippen LogP contribution >= 0.6 is 15.9 Å². The van der Waals surface area contributed by atoms with Gasteiger partial charge in [0.15, 0.2) is 6.61 Å². The molecule has 0 saturated carbocycles. The standard InChI is InChI=1S/C11H15BrN2O2/c1-7(13)9-4-3-8(12)5-10(9)16-6-11(15)14-2/h3-5,7H,6,13H2,1-2H3,(H,14,15)/t7-/m0/s1. The minimum absolute atomic E-state index is 0.00727. The van der Waals surface area contributed by atoms with Crippen molar-refractivity contribution in [2.45, 2.75) is 13.0 Å². The minimum atomic E-state index is -0.171. The number of likely N-dealkylation sites (N-methyl/N-ethyl adjacent to an activating group) is 1. The van der Waals surface area contributed by atoms with Gasteiger partial charge < -0.3 is 15.8 Å². The Bertz CT molecular complexity index is 380. The van der Waals surface area contributed by atoms with Crippen LogP contribution in [0.25, 0.3) is 0 Å². The highest BCUT2D eigenvalue weighted by Crippen LogP contribution is 2.27. The first-order chi connectivity index (χ1) is 7.54. The highest BCUT2D eigenvalue weighted by Gasteiger charge is 2.09. The molecule has 0 heterocycles. The van der Waals surface area contributed by atoms with Crippen molar-refractivity contribution >= 4 is 21.8 Å². The summed E-state index contributed by atoms with van der Waals surface area (Å²) in [7, 11) is 1.57. The van der Waals surface area contributed by atoms with Gasteiger partial charge >= 0.3 is 0 Å². The number of carbonyl (C=O) groups is 1. The molecule has 5 heteroatoms. The van der Waals surface area contributed by atoms with Gasteiger partial charge in [0, 0.05) is 23.1 Å². The highest BCUT2D eigenvalue weighted by atomic mass is 79.9. The first-order valence-corrected chi connectivity index (χ1v) is 5.72. The van der Waals surface area contributed by atoms with Crippen LogP contribution in [-0.4, -0.2) is 19.6 Å². The first kappa shape index (κ1) is 13.0. The number of benzene rings is 1. The number of rotatable bonds is 4. The number of hydrogen-bond donors (Lipinski definition) is 2. The fraction of sp³-hybridized carbons (Fsp3) is 0.364. The lowest BCUT2D eigenvalue weighted by Gasteiger charge is -2.13. The van der Waals surface area contributed by atoms with E-state index in [-0.39, 0.29) is 18.6 Å². The number of nitrogens with one attached hydrogen (secondary N) is 1. The van der Waals surface area contributed by atoms with Crippen LogP contribution in [-0.2, 0) is 4.79 Å². The summed E-state index contributed by atoms with van der Waals surface area (Å²) in [6.45, 7) is 1.86. The van der Waals surface area contributed by atoms with E-state index >= 15 is 0 Å².